The van der Waals surface area contributed by atoms with Crippen molar-refractivity contribution in [2.45, 2.75) is 26.4 Å². The van der Waals surface area contributed by atoms with Crippen LogP contribution in [0.4, 0.5) is 0 Å². The van der Waals surface area contributed by atoms with Crippen LogP contribution in [0.5, 0.6) is 0 Å². The molecule has 0 unspecified atom stereocenters. The lowest BCUT2D eigenvalue weighted by molar-refractivity contribution is 0.137. The Bertz CT molecular complexity index is 1000. The van der Waals surface area contributed by atoms with Crippen molar-refractivity contribution in [3.05, 3.63) is 51.2 Å². The van der Waals surface area contributed by atoms with E-state index < -0.39 is 0 Å². The fourth-order valence-electron chi connectivity index (χ4n) is 2.97. The van der Waals surface area contributed by atoms with Crippen molar-refractivity contribution in [2.24, 2.45) is 0 Å². The zero-order valence-corrected chi connectivity index (χ0v) is 15.6. The number of H-pyrrole nitrogens is 1. The smallest absolute Gasteiger partial charge is 0.332 e. The molecule has 0 amide bonds. The molecule has 0 aliphatic heterocycles. The number of fused-ring (bicyclic) bond motifs is 1. The first kappa shape index (κ1) is 19.1. The number of methoxy groups -OCH3 is 1. The van der Waals surface area contributed by atoms with Crippen LogP contribution in [0.1, 0.15) is 13.3 Å². The van der Waals surface area contributed by atoms with Crippen LogP contribution in [0, 0.1) is 0 Å². The maximum absolute atomic E-state index is 12.9. The predicted octanol–water partition coefficient (Wildman–Crippen LogP) is 1.63. The van der Waals surface area contributed by atoms with E-state index in [1.54, 1.807) is 7.11 Å². The lowest BCUT2D eigenvalue weighted by Gasteiger charge is -2.11. The van der Waals surface area contributed by atoms with E-state index in [4.69, 9.17) is 9.47 Å². The summed E-state index contributed by atoms with van der Waals surface area (Å²) in [5, 5.41) is 0. The summed E-state index contributed by atoms with van der Waals surface area (Å²) in [5.41, 5.74) is 0.779. The Labute approximate surface area is 156 Å². The van der Waals surface area contributed by atoms with E-state index in [0.717, 1.165) is 5.56 Å². The van der Waals surface area contributed by atoms with Gasteiger partial charge in [0, 0.05) is 32.4 Å². The van der Waals surface area contributed by atoms with Gasteiger partial charge in [0.1, 0.15) is 11.3 Å². The topological polar surface area (TPSA) is 91.1 Å². The Morgan fingerprint density at radius 2 is 1.85 bits per heavy atom. The van der Waals surface area contributed by atoms with Crippen molar-refractivity contribution in [1.82, 2.24) is 19.1 Å². The van der Waals surface area contributed by atoms with Crippen molar-refractivity contribution < 1.29 is 9.47 Å². The summed E-state index contributed by atoms with van der Waals surface area (Å²) < 4.78 is 13.1. The standard InChI is InChI=1S/C19H24N4O4/c1-3-27-13-11-23-18(24)15-17(22(19(23)25)10-7-12-26-2)21-16(20-15)14-8-5-4-6-9-14/h4-6,8-9H,3,7,10-13H2,1-2H3,(H,20,21). The molecule has 3 rings (SSSR count). The van der Waals surface area contributed by atoms with Crippen LogP contribution in [-0.2, 0) is 22.6 Å². The summed E-state index contributed by atoms with van der Waals surface area (Å²) in [6.07, 6.45) is 0.642. The van der Waals surface area contributed by atoms with Crippen LogP contribution in [0.15, 0.2) is 39.9 Å². The fraction of sp³-hybridized carbons (Fsp3) is 0.421. The number of hydrogen-bond acceptors (Lipinski definition) is 5. The number of rotatable bonds is 9. The number of benzene rings is 1. The van der Waals surface area contributed by atoms with Crippen molar-refractivity contribution >= 4 is 11.2 Å². The highest BCUT2D eigenvalue weighted by molar-refractivity contribution is 5.75. The van der Waals surface area contributed by atoms with Gasteiger partial charge in [-0.2, -0.15) is 0 Å². The summed E-state index contributed by atoms with van der Waals surface area (Å²) in [7, 11) is 1.61. The third-order valence-electron chi connectivity index (χ3n) is 4.30. The third kappa shape index (κ3) is 4.01. The summed E-state index contributed by atoms with van der Waals surface area (Å²) in [5.74, 6) is 0.560. The molecule has 144 valence electrons. The zero-order chi connectivity index (χ0) is 19.2. The molecule has 3 aromatic rings. The number of ether oxygens (including phenoxy) is 2. The van der Waals surface area contributed by atoms with E-state index in [1.807, 2.05) is 37.3 Å². The number of nitrogens with zero attached hydrogens (tertiary/aromatic N) is 3. The van der Waals surface area contributed by atoms with E-state index in [0.29, 0.717) is 49.8 Å². The Balaban J connectivity index is 2.13. The number of hydrogen-bond donors (Lipinski definition) is 1. The molecule has 0 aliphatic rings. The van der Waals surface area contributed by atoms with Crippen molar-refractivity contribution in [3.63, 3.8) is 0 Å². The van der Waals surface area contributed by atoms with Crippen LogP contribution in [-0.4, -0.2) is 46.0 Å². The van der Waals surface area contributed by atoms with Gasteiger partial charge in [-0.05, 0) is 13.3 Å². The molecule has 2 heterocycles. The van der Waals surface area contributed by atoms with E-state index in [1.165, 1.54) is 9.13 Å². The molecule has 2 aromatic heterocycles. The highest BCUT2D eigenvalue weighted by Crippen LogP contribution is 2.17. The van der Waals surface area contributed by atoms with Gasteiger partial charge in [0.2, 0.25) is 0 Å². The SMILES string of the molecule is CCOCCn1c(=O)c2[nH]c(-c3ccccc3)nc2n(CCCOC)c1=O. The molecule has 0 saturated heterocycles. The second kappa shape index (κ2) is 8.79. The number of aromatic amines is 1. The molecule has 0 aliphatic carbocycles. The molecule has 8 nitrogen and oxygen atoms in total. The molecule has 0 bridgehead atoms. The average Bonchev–Trinajstić information content (AvgIpc) is 3.13. The third-order valence-corrected chi connectivity index (χ3v) is 4.30. The quantitative estimate of drug-likeness (QED) is 0.577. The molecule has 0 radical (unpaired) electrons. The Kier molecular flexibility index (Phi) is 6.20. The predicted molar refractivity (Wildman–Crippen MR) is 103 cm³/mol. The molecule has 0 spiro atoms. The van der Waals surface area contributed by atoms with Crippen LogP contribution in [0.2, 0.25) is 0 Å². The van der Waals surface area contributed by atoms with Gasteiger partial charge < -0.3 is 14.5 Å². The zero-order valence-electron chi connectivity index (χ0n) is 15.6. The minimum atomic E-state index is -0.382. The van der Waals surface area contributed by atoms with Gasteiger partial charge >= 0.3 is 5.69 Å². The van der Waals surface area contributed by atoms with Crippen molar-refractivity contribution in [3.8, 4) is 11.4 Å². The Hall–Kier alpha value is -2.71. The molecule has 1 N–H and O–H groups in total. The van der Waals surface area contributed by atoms with E-state index in [9.17, 15) is 9.59 Å². The molecule has 27 heavy (non-hydrogen) atoms. The Morgan fingerprint density at radius 3 is 2.56 bits per heavy atom. The Morgan fingerprint density at radius 1 is 1.07 bits per heavy atom. The van der Waals surface area contributed by atoms with E-state index >= 15 is 0 Å². The lowest BCUT2D eigenvalue weighted by atomic mass is 10.2. The highest BCUT2D eigenvalue weighted by Gasteiger charge is 2.17. The second-order valence-electron chi connectivity index (χ2n) is 6.08. The van der Waals surface area contributed by atoms with Crippen LogP contribution in [0.3, 0.4) is 0 Å². The van der Waals surface area contributed by atoms with Gasteiger partial charge in [0.25, 0.3) is 5.56 Å². The van der Waals surface area contributed by atoms with Gasteiger partial charge in [0.15, 0.2) is 5.65 Å². The maximum Gasteiger partial charge on any atom is 0.332 e. The highest BCUT2D eigenvalue weighted by atomic mass is 16.5. The van der Waals surface area contributed by atoms with Crippen molar-refractivity contribution in [1.29, 1.82) is 0 Å². The first-order chi connectivity index (χ1) is 13.2. The summed E-state index contributed by atoms with van der Waals surface area (Å²) in [6.45, 7) is 3.83. The number of aromatic nitrogens is 4. The normalized spacial score (nSPS) is 11.3. The number of aryl methyl sites for hydroxylation is 1. The molecular formula is C19H24N4O4. The maximum atomic E-state index is 12.9. The minimum Gasteiger partial charge on any atom is -0.385 e. The molecular weight excluding hydrogens is 348 g/mol. The van der Waals surface area contributed by atoms with Crippen molar-refractivity contribution in [2.75, 3.05) is 26.9 Å². The first-order valence-corrected chi connectivity index (χ1v) is 9.02. The molecule has 1 aromatic carbocycles. The van der Waals surface area contributed by atoms with Crippen LogP contribution in [0.25, 0.3) is 22.6 Å². The van der Waals surface area contributed by atoms with Gasteiger partial charge in [-0.25, -0.2) is 9.78 Å². The van der Waals surface area contributed by atoms with Crippen LogP contribution < -0.4 is 11.2 Å². The average molecular weight is 372 g/mol. The lowest BCUT2D eigenvalue weighted by Crippen LogP contribution is -2.41. The summed E-state index contributed by atoms with van der Waals surface area (Å²) in [6, 6.07) is 9.51. The summed E-state index contributed by atoms with van der Waals surface area (Å²) >= 11 is 0. The van der Waals surface area contributed by atoms with Crippen LogP contribution >= 0.6 is 0 Å². The van der Waals surface area contributed by atoms with Gasteiger partial charge in [-0.3, -0.25) is 13.9 Å². The largest absolute Gasteiger partial charge is 0.385 e. The van der Waals surface area contributed by atoms with E-state index in [-0.39, 0.29) is 17.8 Å². The molecule has 0 fully saturated rings. The number of imidazole rings is 1. The molecule has 0 atom stereocenters. The molecule has 0 saturated carbocycles. The van der Waals surface area contributed by atoms with Gasteiger partial charge in [-0.1, -0.05) is 30.3 Å². The van der Waals surface area contributed by atoms with E-state index in [2.05, 4.69) is 9.97 Å². The molecule has 8 heteroatoms. The second-order valence-corrected chi connectivity index (χ2v) is 6.08. The van der Waals surface area contributed by atoms with Gasteiger partial charge in [-0.15, -0.1) is 0 Å². The minimum absolute atomic E-state index is 0.200. The number of nitrogens with one attached hydrogen (secondary N) is 1. The first-order valence-electron chi connectivity index (χ1n) is 9.02. The monoisotopic (exact) mass is 372 g/mol. The van der Waals surface area contributed by atoms with Gasteiger partial charge in [0.05, 0.1) is 13.2 Å². The summed E-state index contributed by atoms with van der Waals surface area (Å²) in [4.78, 5) is 33.4. The fourth-order valence-corrected chi connectivity index (χ4v) is 2.97.